The van der Waals surface area contributed by atoms with E-state index in [-0.39, 0.29) is 6.03 Å². The summed E-state index contributed by atoms with van der Waals surface area (Å²) in [6.45, 7) is 12.1. The van der Waals surface area contributed by atoms with Crippen molar-refractivity contribution in [2.45, 2.75) is 34.0 Å². The van der Waals surface area contributed by atoms with Crippen LogP contribution in [0.1, 0.15) is 25.2 Å². The minimum Gasteiger partial charge on any atom is -0.325 e. The molecule has 0 N–H and O–H groups in total. The average Bonchev–Trinajstić information content (AvgIpc) is 2.97. The van der Waals surface area contributed by atoms with Crippen LogP contribution in [-0.2, 0) is 13.2 Å². The van der Waals surface area contributed by atoms with E-state index in [0.717, 1.165) is 56.4 Å². The Morgan fingerprint density at radius 3 is 2.36 bits per heavy atom. The van der Waals surface area contributed by atoms with Gasteiger partial charge >= 0.3 is 6.03 Å². The Morgan fingerprint density at radius 1 is 1.11 bits per heavy atom. The summed E-state index contributed by atoms with van der Waals surface area (Å²) in [7, 11) is 0. The van der Waals surface area contributed by atoms with E-state index in [4.69, 9.17) is 12.2 Å². The summed E-state index contributed by atoms with van der Waals surface area (Å²) < 4.78 is 4.71. The molecule has 0 aliphatic carbocycles. The third-order valence-electron chi connectivity index (χ3n) is 5.30. The van der Waals surface area contributed by atoms with Crippen LogP contribution in [0.15, 0.2) is 30.3 Å². The maximum Gasteiger partial charge on any atom is 0.320 e. The van der Waals surface area contributed by atoms with Crippen molar-refractivity contribution in [2.24, 2.45) is 0 Å². The molecule has 1 aromatic heterocycles. The first-order chi connectivity index (χ1) is 13.5. The predicted octanol–water partition coefficient (Wildman–Crippen LogP) is 2.81. The number of carbonyl (C=O) groups is 1. The third kappa shape index (κ3) is 4.62. The molecule has 1 fully saturated rings. The van der Waals surface area contributed by atoms with Gasteiger partial charge in [-0.25, -0.2) is 9.48 Å². The van der Waals surface area contributed by atoms with Crippen LogP contribution in [0.4, 0.5) is 4.79 Å². The number of carbonyl (C=O) groups excluding carboxylic acids is 1. The fourth-order valence-corrected chi connectivity index (χ4v) is 3.85. The number of hydrogen-bond donors (Lipinski definition) is 0. The molecule has 28 heavy (non-hydrogen) atoms. The standard InChI is InChI=1S/C20H30N6OS/c1-4-23(5-2)19(27)24-13-11-22(12-14-24)16-26-20(28)25(17(3)21-26)15-18-9-7-6-8-10-18/h6-10H,4-5,11-16H2,1-3H3. The highest BCUT2D eigenvalue weighted by atomic mass is 32.1. The van der Waals surface area contributed by atoms with Crippen molar-refractivity contribution in [2.75, 3.05) is 39.3 Å². The molecule has 8 heteroatoms. The monoisotopic (exact) mass is 402 g/mol. The smallest absolute Gasteiger partial charge is 0.320 e. The van der Waals surface area contributed by atoms with Gasteiger partial charge in [0.05, 0.1) is 13.2 Å². The van der Waals surface area contributed by atoms with Crippen LogP contribution in [-0.4, -0.2) is 74.3 Å². The second-order valence-corrected chi connectivity index (χ2v) is 7.47. The molecule has 1 saturated heterocycles. The van der Waals surface area contributed by atoms with Crippen molar-refractivity contribution in [3.63, 3.8) is 0 Å². The van der Waals surface area contributed by atoms with Gasteiger partial charge in [-0.15, -0.1) is 0 Å². The summed E-state index contributed by atoms with van der Waals surface area (Å²) in [5.74, 6) is 0.921. The van der Waals surface area contributed by atoms with Crippen molar-refractivity contribution in [1.82, 2.24) is 29.0 Å². The summed E-state index contributed by atoms with van der Waals surface area (Å²) in [6, 6.07) is 10.4. The molecule has 2 heterocycles. The SMILES string of the molecule is CCN(CC)C(=O)N1CCN(Cn2nc(C)n(Cc3ccccc3)c2=S)CC1. The quantitative estimate of drug-likeness (QED) is 0.697. The van der Waals surface area contributed by atoms with Crippen molar-refractivity contribution in [3.8, 4) is 0 Å². The Labute approximate surface area is 172 Å². The van der Waals surface area contributed by atoms with E-state index >= 15 is 0 Å². The number of urea groups is 1. The molecule has 1 aliphatic rings. The van der Waals surface area contributed by atoms with E-state index in [9.17, 15) is 4.79 Å². The highest BCUT2D eigenvalue weighted by Gasteiger charge is 2.24. The van der Waals surface area contributed by atoms with Gasteiger partial charge < -0.3 is 9.80 Å². The minimum absolute atomic E-state index is 0.143. The second-order valence-electron chi connectivity index (χ2n) is 7.10. The van der Waals surface area contributed by atoms with E-state index in [0.29, 0.717) is 6.67 Å². The van der Waals surface area contributed by atoms with Crippen LogP contribution in [0.25, 0.3) is 0 Å². The molecule has 2 aromatic rings. The molecule has 2 amide bonds. The Balaban J connectivity index is 1.61. The second kappa shape index (κ2) is 9.34. The molecule has 0 radical (unpaired) electrons. The Bertz CT molecular complexity index is 834. The van der Waals surface area contributed by atoms with Gasteiger partial charge in [-0.2, -0.15) is 5.10 Å². The number of aromatic nitrogens is 3. The first-order valence-corrected chi connectivity index (χ1v) is 10.4. The van der Waals surface area contributed by atoms with Crippen LogP contribution in [0, 0.1) is 11.7 Å². The fourth-order valence-electron chi connectivity index (χ4n) is 3.55. The Morgan fingerprint density at radius 2 is 1.75 bits per heavy atom. The van der Waals surface area contributed by atoms with Crippen LogP contribution in [0.3, 0.4) is 0 Å². The van der Waals surface area contributed by atoms with Crippen LogP contribution < -0.4 is 0 Å². The van der Waals surface area contributed by atoms with Crippen molar-refractivity contribution >= 4 is 18.2 Å². The van der Waals surface area contributed by atoms with E-state index in [1.54, 1.807) is 0 Å². The lowest BCUT2D eigenvalue weighted by Gasteiger charge is -2.36. The first-order valence-electron chi connectivity index (χ1n) is 9.97. The van der Waals surface area contributed by atoms with Gasteiger partial charge in [-0.05, 0) is 38.6 Å². The topological polar surface area (TPSA) is 49.5 Å². The summed E-state index contributed by atoms with van der Waals surface area (Å²) in [5, 5.41) is 4.65. The van der Waals surface area contributed by atoms with Gasteiger partial charge in [0, 0.05) is 39.3 Å². The molecule has 0 atom stereocenters. The molecule has 0 spiro atoms. The first kappa shape index (κ1) is 20.5. The fraction of sp³-hybridized carbons (Fsp3) is 0.550. The van der Waals surface area contributed by atoms with Crippen LogP contribution >= 0.6 is 12.2 Å². The number of rotatable bonds is 6. The lowest BCUT2D eigenvalue weighted by Crippen LogP contribution is -2.53. The maximum atomic E-state index is 12.5. The molecule has 7 nitrogen and oxygen atoms in total. The summed E-state index contributed by atoms with van der Waals surface area (Å²) in [5.41, 5.74) is 1.21. The predicted molar refractivity (Wildman–Crippen MR) is 113 cm³/mol. The number of benzene rings is 1. The molecule has 0 saturated carbocycles. The Hall–Kier alpha value is -2.19. The molecule has 152 valence electrons. The van der Waals surface area contributed by atoms with E-state index < -0.39 is 0 Å². The molecular weight excluding hydrogens is 372 g/mol. The molecular formula is C20H30N6OS. The lowest BCUT2D eigenvalue weighted by molar-refractivity contribution is 0.0968. The van der Waals surface area contributed by atoms with Gasteiger partial charge in [-0.3, -0.25) is 9.47 Å². The number of amides is 2. The van der Waals surface area contributed by atoms with Crippen LogP contribution in [0.2, 0.25) is 0 Å². The molecule has 0 unspecified atom stereocenters. The molecule has 1 aromatic carbocycles. The lowest BCUT2D eigenvalue weighted by atomic mass is 10.2. The van der Waals surface area contributed by atoms with E-state index in [2.05, 4.69) is 26.7 Å². The maximum absolute atomic E-state index is 12.5. The summed E-state index contributed by atoms with van der Waals surface area (Å²) >= 11 is 5.68. The average molecular weight is 403 g/mol. The number of aryl methyl sites for hydroxylation is 1. The van der Waals surface area contributed by atoms with Crippen molar-refractivity contribution < 1.29 is 4.79 Å². The van der Waals surface area contributed by atoms with Crippen LogP contribution in [0.5, 0.6) is 0 Å². The van der Waals surface area contributed by atoms with Gasteiger partial charge in [-0.1, -0.05) is 30.3 Å². The zero-order valence-electron chi connectivity index (χ0n) is 17.0. The van der Waals surface area contributed by atoms with Crippen molar-refractivity contribution in [3.05, 3.63) is 46.5 Å². The third-order valence-corrected chi connectivity index (χ3v) is 5.73. The van der Waals surface area contributed by atoms with Gasteiger partial charge in [0.25, 0.3) is 0 Å². The zero-order chi connectivity index (χ0) is 20.1. The molecule has 3 rings (SSSR count). The van der Waals surface area contributed by atoms with Crippen molar-refractivity contribution in [1.29, 1.82) is 0 Å². The van der Waals surface area contributed by atoms with Gasteiger partial charge in [0.2, 0.25) is 0 Å². The highest BCUT2D eigenvalue weighted by molar-refractivity contribution is 7.71. The number of nitrogens with zero attached hydrogens (tertiary/aromatic N) is 6. The van der Waals surface area contributed by atoms with E-state index in [1.807, 2.05) is 53.5 Å². The number of hydrogen-bond acceptors (Lipinski definition) is 4. The van der Waals surface area contributed by atoms with E-state index in [1.165, 1.54) is 5.56 Å². The highest BCUT2D eigenvalue weighted by Crippen LogP contribution is 2.10. The minimum atomic E-state index is 0.143. The molecule has 0 bridgehead atoms. The number of piperazine rings is 1. The van der Waals surface area contributed by atoms with Gasteiger partial charge in [0.15, 0.2) is 4.77 Å². The zero-order valence-corrected chi connectivity index (χ0v) is 17.9. The molecule has 1 aliphatic heterocycles. The largest absolute Gasteiger partial charge is 0.325 e. The van der Waals surface area contributed by atoms with Gasteiger partial charge in [0.1, 0.15) is 5.82 Å². The summed E-state index contributed by atoms with van der Waals surface area (Å²) in [4.78, 5) is 18.6. The normalized spacial score (nSPS) is 15.0. The Kier molecular flexibility index (Phi) is 6.85. The summed E-state index contributed by atoms with van der Waals surface area (Å²) in [6.07, 6.45) is 0.